The van der Waals surface area contributed by atoms with Crippen LogP contribution in [0.1, 0.15) is 0 Å². The Bertz CT molecular complexity index is 143. The smallest absolute Gasteiger partial charge is 0.284 e. The second-order valence-corrected chi connectivity index (χ2v) is 1.41. The highest BCUT2D eigenvalue weighted by Gasteiger charge is 2.24. The van der Waals surface area contributed by atoms with E-state index in [4.69, 9.17) is 5.21 Å². The number of hydrogen-bond acceptors (Lipinski definition) is 3. The maximum Gasteiger partial charge on any atom is 0.348 e. The van der Waals surface area contributed by atoms with Crippen LogP contribution < -0.4 is 5.32 Å². The zero-order chi connectivity index (χ0) is 6.15. The lowest BCUT2D eigenvalue weighted by molar-refractivity contribution is -0.121. The third kappa shape index (κ3) is 0.627. The summed E-state index contributed by atoms with van der Waals surface area (Å²) in [6, 6.07) is -0.755. The summed E-state index contributed by atoms with van der Waals surface area (Å²) in [5.41, 5.74) is 0. The zero-order valence-electron chi connectivity index (χ0n) is 3.92. The molecule has 1 aliphatic rings. The number of rotatable bonds is 0. The summed E-state index contributed by atoms with van der Waals surface area (Å²) in [7, 11) is 0. The highest BCUT2D eigenvalue weighted by molar-refractivity contribution is 6.01. The van der Waals surface area contributed by atoms with Gasteiger partial charge in [0.1, 0.15) is 6.54 Å². The maximum absolute atomic E-state index is 10.1. The topological polar surface area (TPSA) is 69.6 Å². The second-order valence-electron chi connectivity index (χ2n) is 1.41. The molecule has 0 saturated carbocycles. The van der Waals surface area contributed by atoms with Gasteiger partial charge in [-0.05, 0) is 0 Å². The van der Waals surface area contributed by atoms with Crippen molar-refractivity contribution in [3.63, 3.8) is 0 Å². The molecule has 1 heterocycles. The van der Waals surface area contributed by atoms with Gasteiger partial charge in [0.15, 0.2) is 0 Å². The van der Waals surface area contributed by atoms with Crippen molar-refractivity contribution in [3.8, 4) is 0 Å². The second kappa shape index (κ2) is 1.45. The fraction of sp³-hybridized carbons (Fsp3) is 0.333. The van der Waals surface area contributed by atoms with Crippen molar-refractivity contribution < 1.29 is 14.8 Å². The number of imide groups is 1. The molecular formula is C3H4N2O3. The lowest BCUT2D eigenvalue weighted by Crippen LogP contribution is -2.24. The van der Waals surface area contributed by atoms with Crippen molar-refractivity contribution in [3.05, 3.63) is 0 Å². The third-order valence-corrected chi connectivity index (χ3v) is 0.774. The minimum Gasteiger partial charge on any atom is -0.284 e. The fourth-order valence-corrected chi connectivity index (χ4v) is 0.431. The van der Waals surface area contributed by atoms with E-state index in [0.717, 1.165) is 0 Å². The number of nitrogens with zero attached hydrogens (tertiary/aromatic N) is 1. The first-order valence-electron chi connectivity index (χ1n) is 2.00. The Balaban J connectivity index is 2.64. The molecule has 0 aromatic carbocycles. The van der Waals surface area contributed by atoms with Crippen molar-refractivity contribution in [1.29, 1.82) is 0 Å². The van der Waals surface area contributed by atoms with Gasteiger partial charge < -0.3 is 0 Å². The van der Waals surface area contributed by atoms with E-state index in [0.29, 0.717) is 5.06 Å². The number of amides is 3. The molecule has 2 N–H and O–H groups in total. The van der Waals surface area contributed by atoms with Gasteiger partial charge in [-0.15, -0.1) is 0 Å². The van der Waals surface area contributed by atoms with E-state index in [1.807, 2.05) is 5.32 Å². The molecule has 0 aliphatic carbocycles. The van der Waals surface area contributed by atoms with Gasteiger partial charge in [0.25, 0.3) is 0 Å². The van der Waals surface area contributed by atoms with Gasteiger partial charge in [0.2, 0.25) is 5.91 Å². The summed E-state index contributed by atoms with van der Waals surface area (Å²) in [5.74, 6) is -0.475. The molecule has 0 unspecified atom stereocenters. The first-order valence-corrected chi connectivity index (χ1v) is 2.00. The van der Waals surface area contributed by atoms with Crippen LogP contribution in [0.3, 0.4) is 0 Å². The van der Waals surface area contributed by atoms with Gasteiger partial charge in [0, 0.05) is 0 Å². The SMILES string of the molecule is O=C1CN(O)C(=O)N1. The van der Waals surface area contributed by atoms with E-state index in [1.165, 1.54) is 0 Å². The van der Waals surface area contributed by atoms with Gasteiger partial charge in [-0.25, -0.2) is 4.79 Å². The summed E-state index contributed by atoms with van der Waals surface area (Å²) in [4.78, 5) is 20.3. The Morgan fingerprint density at radius 2 is 2.25 bits per heavy atom. The van der Waals surface area contributed by atoms with E-state index in [-0.39, 0.29) is 6.54 Å². The molecule has 0 bridgehead atoms. The van der Waals surface area contributed by atoms with Crippen LogP contribution in [-0.4, -0.2) is 28.8 Å². The average Bonchev–Trinajstić information content (AvgIpc) is 1.85. The molecule has 0 aromatic heterocycles. The van der Waals surface area contributed by atoms with E-state index < -0.39 is 11.9 Å². The normalized spacial score (nSPS) is 19.4. The zero-order valence-corrected chi connectivity index (χ0v) is 3.92. The number of hydroxylamine groups is 2. The molecule has 0 aromatic rings. The van der Waals surface area contributed by atoms with Gasteiger partial charge in [-0.2, -0.15) is 5.06 Å². The van der Waals surface area contributed by atoms with Crippen LogP contribution in [0.25, 0.3) is 0 Å². The number of carbonyl (C=O) groups is 2. The molecular weight excluding hydrogens is 112 g/mol. The highest BCUT2D eigenvalue weighted by atomic mass is 16.5. The summed E-state index contributed by atoms with van der Waals surface area (Å²) in [6.07, 6.45) is 0. The van der Waals surface area contributed by atoms with Gasteiger partial charge >= 0.3 is 6.03 Å². The van der Waals surface area contributed by atoms with Crippen molar-refractivity contribution >= 4 is 11.9 Å². The molecule has 1 rings (SSSR count). The van der Waals surface area contributed by atoms with Crippen LogP contribution in [0.4, 0.5) is 4.79 Å². The lowest BCUT2D eigenvalue weighted by atomic mass is 10.7. The Morgan fingerprint density at radius 3 is 2.38 bits per heavy atom. The van der Waals surface area contributed by atoms with E-state index in [9.17, 15) is 9.59 Å². The molecule has 1 saturated heterocycles. The molecule has 0 spiro atoms. The molecule has 0 atom stereocenters. The Kier molecular flexibility index (Phi) is 0.911. The summed E-state index contributed by atoms with van der Waals surface area (Å²) >= 11 is 0. The van der Waals surface area contributed by atoms with Crippen molar-refractivity contribution in [1.82, 2.24) is 10.4 Å². The monoisotopic (exact) mass is 116 g/mol. The van der Waals surface area contributed by atoms with E-state index in [1.54, 1.807) is 0 Å². The van der Waals surface area contributed by atoms with Gasteiger partial charge in [-0.1, -0.05) is 0 Å². The standard InChI is InChI=1S/C3H4N2O3/c6-2-1-5(8)3(7)4-2/h8H,1H2,(H,4,6,7). The molecule has 5 heteroatoms. The predicted octanol–water partition coefficient (Wildman–Crippen LogP) is -1.07. The van der Waals surface area contributed by atoms with Crippen LogP contribution in [0.5, 0.6) is 0 Å². The fourth-order valence-electron chi connectivity index (χ4n) is 0.431. The van der Waals surface area contributed by atoms with Gasteiger partial charge in [-0.3, -0.25) is 15.3 Å². The molecule has 1 fully saturated rings. The van der Waals surface area contributed by atoms with Crippen LogP contribution in [-0.2, 0) is 4.79 Å². The summed E-state index contributed by atoms with van der Waals surface area (Å²) in [6.45, 7) is -0.251. The molecule has 3 amide bonds. The molecule has 1 aliphatic heterocycles. The first-order chi connectivity index (χ1) is 3.70. The molecule has 8 heavy (non-hydrogen) atoms. The van der Waals surface area contributed by atoms with Crippen molar-refractivity contribution in [2.75, 3.05) is 6.54 Å². The Labute approximate surface area is 44.8 Å². The van der Waals surface area contributed by atoms with Crippen LogP contribution in [0.2, 0.25) is 0 Å². The van der Waals surface area contributed by atoms with Gasteiger partial charge in [0.05, 0.1) is 0 Å². The quantitative estimate of drug-likeness (QED) is 0.312. The van der Waals surface area contributed by atoms with Crippen molar-refractivity contribution in [2.45, 2.75) is 0 Å². The van der Waals surface area contributed by atoms with Crippen LogP contribution in [0.15, 0.2) is 0 Å². The Hall–Kier alpha value is -1.10. The number of carbonyl (C=O) groups excluding carboxylic acids is 2. The van der Waals surface area contributed by atoms with E-state index in [2.05, 4.69) is 0 Å². The van der Waals surface area contributed by atoms with Crippen LogP contribution in [0, 0.1) is 0 Å². The third-order valence-electron chi connectivity index (χ3n) is 0.774. The largest absolute Gasteiger partial charge is 0.348 e. The average molecular weight is 116 g/mol. The Morgan fingerprint density at radius 1 is 1.62 bits per heavy atom. The number of nitrogens with one attached hydrogen (secondary N) is 1. The molecule has 0 radical (unpaired) electrons. The number of hydrogen-bond donors (Lipinski definition) is 2. The minimum absolute atomic E-state index is 0.251. The predicted molar refractivity (Wildman–Crippen MR) is 22.0 cm³/mol. The maximum atomic E-state index is 10.1. The van der Waals surface area contributed by atoms with Crippen molar-refractivity contribution in [2.24, 2.45) is 0 Å². The molecule has 44 valence electrons. The van der Waals surface area contributed by atoms with Crippen LogP contribution >= 0.6 is 0 Å². The first kappa shape index (κ1) is 5.04. The summed E-state index contributed by atoms with van der Waals surface area (Å²) in [5, 5.41) is 10.6. The number of urea groups is 1. The van der Waals surface area contributed by atoms with E-state index >= 15 is 0 Å². The summed E-state index contributed by atoms with van der Waals surface area (Å²) < 4.78 is 0. The lowest BCUT2D eigenvalue weighted by Gasteiger charge is -1.97. The minimum atomic E-state index is -0.755. The molecule has 5 nitrogen and oxygen atoms in total. The highest BCUT2D eigenvalue weighted by Crippen LogP contribution is 1.90.